The minimum absolute atomic E-state index is 1.08. The molecule has 1 aliphatic carbocycles. The Morgan fingerprint density at radius 1 is 0.750 bits per heavy atom. The third-order valence-corrected chi connectivity index (χ3v) is 1.93. The van der Waals surface area contributed by atoms with E-state index in [1.165, 1.54) is 0 Å². The zero-order valence-electron chi connectivity index (χ0n) is 6.03. The Hall–Kier alpha value is -0.530. The van der Waals surface area contributed by atoms with Crippen molar-refractivity contribution in [2.75, 3.05) is 0 Å². The molecule has 0 heterocycles. The fourth-order valence-corrected chi connectivity index (χ4v) is 1.09. The highest BCUT2D eigenvalue weighted by atomic mass is 16.4. The summed E-state index contributed by atoms with van der Waals surface area (Å²) in [5.74, 6) is -1.08. The Morgan fingerprint density at radius 3 is 1.42 bits per heavy atom. The van der Waals surface area contributed by atoms with Crippen LogP contribution in [0.1, 0.15) is 0 Å². The molecule has 1 unspecified atom stereocenters. The molecule has 0 aliphatic heterocycles. The predicted molar refractivity (Wildman–Crippen MR) is 35.0 cm³/mol. The van der Waals surface area contributed by atoms with Crippen molar-refractivity contribution < 1.29 is 30.3 Å². The molecule has 1 aliphatic rings. The molecule has 6 heteroatoms. The lowest BCUT2D eigenvalue weighted by Crippen LogP contribution is -2.61. The maximum absolute atomic E-state index is 10.8. The average molecular weight is 178 g/mol. The zero-order chi connectivity index (χ0) is 9.46. The molecule has 0 radical (unpaired) electrons. The van der Waals surface area contributed by atoms with Crippen LogP contribution in [0.3, 0.4) is 0 Å². The SMILES string of the molecule is O=C1[C@@H](O)[C@H](O)C(O)[C@@H](O)[C@H]1O. The predicted octanol–water partition coefficient (Wildman–Crippen LogP) is -3.63. The van der Waals surface area contributed by atoms with E-state index in [1.54, 1.807) is 0 Å². The summed E-state index contributed by atoms with van der Waals surface area (Å²) in [5.41, 5.74) is 0. The lowest BCUT2D eigenvalue weighted by Gasteiger charge is -2.34. The maximum atomic E-state index is 10.8. The second kappa shape index (κ2) is 3.08. The Labute approximate surface area is 67.7 Å². The van der Waals surface area contributed by atoms with Crippen molar-refractivity contribution >= 4 is 5.78 Å². The smallest absolute Gasteiger partial charge is 0.195 e. The molecule has 70 valence electrons. The minimum atomic E-state index is -1.83. The number of Topliss-reactive ketones (excluding diaryl/α,β-unsaturated/α-hetero) is 1. The molecular weight excluding hydrogens is 168 g/mol. The largest absolute Gasteiger partial charge is 0.387 e. The van der Waals surface area contributed by atoms with Crippen molar-refractivity contribution in [1.29, 1.82) is 0 Å². The van der Waals surface area contributed by atoms with Crippen LogP contribution < -0.4 is 0 Å². The van der Waals surface area contributed by atoms with Crippen molar-refractivity contribution in [3.05, 3.63) is 0 Å². The first kappa shape index (κ1) is 9.56. The van der Waals surface area contributed by atoms with Gasteiger partial charge in [0, 0.05) is 0 Å². The van der Waals surface area contributed by atoms with E-state index in [9.17, 15) is 4.79 Å². The van der Waals surface area contributed by atoms with E-state index in [1.807, 2.05) is 0 Å². The van der Waals surface area contributed by atoms with Crippen molar-refractivity contribution in [2.24, 2.45) is 0 Å². The van der Waals surface area contributed by atoms with E-state index in [4.69, 9.17) is 25.5 Å². The van der Waals surface area contributed by atoms with Gasteiger partial charge >= 0.3 is 0 Å². The van der Waals surface area contributed by atoms with Crippen LogP contribution in [0.25, 0.3) is 0 Å². The Bertz CT molecular complexity index is 174. The minimum Gasteiger partial charge on any atom is -0.387 e. The highest BCUT2D eigenvalue weighted by molar-refractivity contribution is 5.89. The number of carbonyl (C=O) groups excluding carboxylic acids is 1. The lowest BCUT2D eigenvalue weighted by atomic mass is 9.86. The monoisotopic (exact) mass is 178 g/mol. The summed E-state index contributed by atoms with van der Waals surface area (Å²) in [6, 6.07) is 0. The number of rotatable bonds is 0. The molecule has 1 saturated carbocycles. The van der Waals surface area contributed by atoms with Gasteiger partial charge in [-0.25, -0.2) is 0 Å². The van der Waals surface area contributed by atoms with Crippen LogP contribution in [0.2, 0.25) is 0 Å². The summed E-state index contributed by atoms with van der Waals surface area (Å²) in [6.07, 6.45) is -8.85. The van der Waals surface area contributed by atoms with Crippen LogP contribution in [-0.4, -0.2) is 61.8 Å². The van der Waals surface area contributed by atoms with Gasteiger partial charge < -0.3 is 25.5 Å². The quantitative estimate of drug-likeness (QED) is 0.261. The number of aliphatic hydroxyl groups excluding tert-OH is 5. The van der Waals surface area contributed by atoms with Crippen LogP contribution >= 0.6 is 0 Å². The van der Waals surface area contributed by atoms with Crippen molar-refractivity contribution in [2.45, 2.75) is 30.5 Å². The van der Waals surface area contributed by atoms with Crippen LogP contribution in [0.5, 0.6) is 0 Å². The molecule has 5 atom stereocenters. The second-order valence-corrected chi connectivity index (χ2v) is 2.76. The third-order valence-electron chi connectivity index (χ3n) is 1.93. The van der Waals surface area contributed by atoms with Crippen LogP contribution in [0.4, 0.5) is 0 Å². The van der Waals surface area contributed by atoms with E-state index in [0.29, 0.717) is 0 Å². The van der Waals surface area contributed by atoms with Crippen molar-refractivity contribution in [1.82, 2.24) is 0 Å². The molecule has 1 rings (SSSR count). The summed E-state index contributed by atoms with van der Waals surface area (Å²) in [5, 5.41) is 44.5. The molecule has 12 heavy (non-hydrogen) atoms. The highest BCUT2D eigenvalue weighted by Crippen LogP contribution is 2.17. The first-order chi connectivity index (χ1) is 5.46. The molecule has 1 fully saturated rings. The number of carbonyl (C=O) groups is 1. The molecule has 6 nitrogen and oxygen atoms in total. The molecule has 0 aromatic rings. The second-order valence-electron chi connectivity index (χ2n) is 2.76. The van der Waals surface area contributed by atoms with Crippen molar-refractivity contribution in [3.8, 4) is 0 Å². The summed E-state index contributed by atoms with van der Waals surface area (Å²) in [7, 11) is 0. The number of hydrogen-bond acceptors (Lipinski definition) is 6. The van der Waals surface area contributed by atoms with Gasteiger partial charge in [-0.3, -0.25) is 4.79 Å². The standard InChI is InChI=1S/C6H10O6/c7-1-2(8)4(10)6(12)5(11)3(1)9/h1-5,7-11H/t1?,2-,3-,4-,5+/m1/s1. The van der Waals surface area contributed by atoms with E-state index in [-0.39, 0.29) is 0 Å². The molecular formula is C6H10O6. The number of ketones is 1. The normalized spacial score (nSPS) is 49.4. The fraction of sp³-hybridized carbons (Fsp3) is 0.833. The van der Waals surface area contributed by atoms with E-state index < -0.39 is 36.3 Å². The summed E-state index contributed by atoms with van der Waals surface area (Å²) in [4.78, 5) is 10.8. The van der Waals surface area contributed by atoms with Crippen LogP contribution in [0.15, 0.2) is 0 Å². The Morgan fingerprint density at radius 2 is 1.08 bits per heavy atom. The van der Waals surface area contributed by atoms with Gasteiger partial charge in [-0.05, 0) is 0 Å². The average Bonchev–Trinajstić information content (AvgIpc) is 2.08. The Balaban J connectivity index is 2.83. The van der Waals surface area contributed by atoms with Gasteiger partial charge in [0.1, 0.15) is 30.5 Å². The first-order valence-electron chi connectivity index (χ1n) is 3.41. The first-order valence-corrected chi connectivity index (χ1v) is 3.41. The molecule has 0 amide bonds. The fourth-order valence-electron chi connectivity index (χ4n) is 1.09. The van der Waals surface area contributed by atoms with Crippen LogP contribution in [0, 0.1) is 0 Å². The highest BCUT2D eigenvalue weighted by Gasteiger charge is 2.47. The summed E-state index contributed by atoms with van der Waals surface area (Å²) < 4.78 is 0. The maximum Gasteiger partial charge on any atom is 0.195 e. The van der Waals surface area contributed by atoms with Gasteiger partial charge in [0.05, 0.1) is 0 Å². The van der Waals surface area contributed by atoms with Crippen LogP contribution in [-0.2, 0) is 4.79 Å². The summed E-state index contributed by atoms with van der Waals surface area (Å²) >= 11 is 0. The van der Waals surface area contributed by atoms with Gasteiger partial charge in [-0.2, -0.15) is 0 Å². The van der Waals surface area contributed by atoms with E-state index in [2.05, 4.69) is 0 Å². The van der Waals surface area contributed by atoms with Gasteiger partial charge in [0.25, 0.3) is 0 Å². The molecule has 0 spiro atoms. The Kier molecular flexibility index (Phi) is 2.45. The topological polar surface area (TPSA) is 118 Å². The van der Waals surface area contributed by atoms with Crippen molar-refractivity contribution in [3.63, 3.8) is 0 Å². The molecule has 0 saturated heterocycles. The lowest BCUT2D eigenvalue weighted by molar-refractivity contribution is -0.185. The van der Waals surface area contributed by atoms with Gasteiger partial charge in [0.2, 0.25) is 0 Å². The third kappa shape index (κ3) is 1.23. The van der Waals surface area contributed by atoms with E-state index in [0.717, 1.165) is 0 Å². The van der Waals surface area contributed by atoms with Gasteiger partial charge in [-0.15, -0.1) is 0 Å². The van der Waals surface area contributed by atoms with E-state index >= 15 is 0 Å². The molecule has 5 N–H and O–H groups in total. The summed E-state index contributed by atoms with van der Waals surface area (Å²) in [6.45, 7) is 0. The molecule has 0 aromatic heterocycles. The van der Waals surface area contributed by atoms with Gasteiger partial charge in [0.15, 0.2) is 5.78 Å². The van der Waals surface area contributed by atoms with Gasteiger partial charge in [-0.1, -0.05) is 0 Å². The number of aliphatic hydroxyl groups is 5. The molecule has 0 aromatic carbocycles. The zero-order valence-corrected chi connectivity index (χ0v) is 6.03. The number of hydrogen-bond donors (Lipinski definition) is 5. The molecule has 0 bridgehead atoms.